The number of amides is 2. The van der Waals surface area contributed by atoms with E-state index in [0.717, 1.165) is 25.9 Å². The number of carbonyl (C=O) groups excluding carboxylic acids is 2. The van der Waals surface area contributed by atoms with Crippen LogP contribution in [0.4, 0.5) is 0 Å². The van der Waals surface area contributed by atoms with Crippen LogP contribution in [0.15, 0.2) is 30.3 Å². The molecule has 0 radical (unpaired) electrons. The first-order valence-electron chi connectivity index (χ1n) is 7.47. The van der Waals surface area contributed by atoms with E-state index >= 15 is 0 Å². The van der Waals surface area contributed by atoms with Crippen LogP contribution in [-0.4, -0.2) is 49.4 Å². The SMILES string of the molecule is CNC(=O)C[C@H]1C(=O)NCCN1CCCc1ccccc1. The zero-order valence-electron chi connectivity index (χ0n) is 12.5. The summed E-state index contributed by atoms with van der Waals surface area (Å²) in [6.07, 6.45) is 2.21. The summed E-state index contributed by atoms with van der Waals surface area (Å²) in [5, 5.41) is 5.43. The average molecular weight is 289 g/mol. The molecule has 0 aromatic heterocycles. The van der Waals surface area contributed by atoms with E-state index in [9.17, 15) is 9.59 Å². The summed E-state index contributed by atoms with van der Waals surface area (Å²) >= 11 is 0. The number of piperazine rings is 1. The number of benzene rings is 1. The van der Waals surface area contributed by atoms with Crippen LogP contribution in [0.2, 0.25) is 0 Å². The highest BCUT2D eigenvalue weighted by atomic mass is 16.2. The molecule has 0 spiro atoms. The predicted octanol–water partition coefficient (Wildman–Crippen LogP) is 0.556. The Kier molecular flexibility index (Phi) is 5.75. The molecule has 1 heterocycles. The van der Waals surface area contributed by atoms with Crippen LogP contribution in [0.5, 0.6) is 0 Å². The first kappa shape index (κ1) is 15.5. The summed E-state index contributed by atoms with van der Waals surface area (Å²) in [6.45, 7) is 2.31. The van der Waals surface area contributed by atoms with Crippen molar-refractivity contribution < 1.29 is 9.59 Å². The fourth-order valence-electron chi connectivity index (χ4n) is 2.66. The Morgan fingerprint density at radius 1 is 1.38 bits per heavy atom. The number of rotatable bonds is 6. The van der Waals surface area contributed by atoms with Crippen LogP contribution < -0.4 is 10.6 Å². The second kappa shape index (κ2) is 7.78. The van der Waals surface area contributed by atoms with E-state index < -0.39 is 0 Å². The third-order valence-corrected chi connectivity index (χ3v) is 3.85. The van der Waals surface area contributed by atoms with Gasteiger partial charge in [0.25, 0.3) is 0 Å². The summed E-state index contributed by atoms with van der Waals surface area (Å²) in [5.74, 6) is -0.130. The highest BCUT2D eigenvalue weighted by Crippen LogP contribution is 2.11. The van der Waals surface area contributed by atoms with Crippen LogP contribution in [0.1, 0.15) is 18.4 Å². The second-order valence-corrected chi connectivity index (χ2v) is 5.31. The minimum absolute atomic E-state index is 0.0374. The Morgan fingerprint density at radius 2 is 2.14 bits per heavy atom. The number of nitrogens with one attached hydrogen (secondary N) is 2. The summed E-state index contributed by atoms with van der Waals surface area (Å²) in [7, 11) is 1.60. The van der Waals surface area contributed by atoms with E-state index in [-0.39, 0.29) is 24.3 Å². The predicted molar refractivity (Wildman–Crippen MR) is 81.8 cm³/mol. The van der Waals surface area contributed by atoms with Crippen molar-refractivity contribution in [2.75, 3.05) is 26.7 Å². The van der Waals surface area contributed by atoms with Crippen LogP contribution in [0, 0.1) is 0 Å². The van der Waals surface area contributed by atoms with Crippen molar-refractivity contribution in [1.82, 2.24) is 15.5 Å². The molecule has 0 bridgehead atoms. The molecular weight excluding hydrogens is 266 g/mol. The Balaban J connectivity index is 1.86. The van der Waals surface area contributed by atoms with Gasteiger partial charge in [0.05, 0.1) is 12.5 Å². The molecule has 1 aromatic rings. The van der Waals surface area contributed by atoms with Crippen molar-refractivity contribution in [3.8, 4) is 0 Å². The third-order valence-electron chi connectivity index (χ3n) is 3.85. The van der Waals surface area contributed by atoms with E-state index in [2.05, 4.69) is 27.7 Å². The number of hydrogen-bond donors (Lipinski definition) is 2. The lowest BCUT2D eigenvalue weighted by Crippen LogP contribution is -2.56. The average Bonchev–Trinajstić information content (AvgIpc) is 2.51. The maximum atomic E-state index is 12.0. The van der Waals surface area contributed by atoms with Crippen LogP contribution in [0.25, 0.3) is 0 Å². The summed E-state index contributed by atoms with van der Waals surface area (Å²) in [6, 6.07) is 9.98. The van der Waals surface area contributed by atoms with Crippen molar-refractivity contribution in [3.63, 3.8) is 0 Å². The van der Waals surface area contributed by atoms with Gasteiger partial charge in [0.15, 0.2) is 0 Å². The lowest BCUT2D eigenvalue weighted by molar-refractivity contribution is -0.133. The molecule has 5 nitrogen and oxygen atoms in total. The number of aryl methyl sites for hydroxylation is 1. The molecule has 1 aromatic carbocycles. The highest BCUT2D eigenvalue weighted by molar-refractivity contribution is 5.88. The first-order valence-corrected chi connectivity index (χ1v) is 7.47. The van der Waals surface area contributed by atoms with Crippen molar-refractivity contribution in [3.05, 3.63) is 35.9 Å². The van der Waals surface area contributed by atoms with Gasteiger partial charge < -0.3 is 10.6 Å². The third kappa shape index (κ3) is 4.56. The van der Waals surface area contributed by atoms with Crippen molar-refractivity contribution in [2.45, 2.75) is 25.3 Å². The Morgan fingerprint density at radius 3 is 2.86 bits per heavy atom. The molecule has 1 saturated heterocycles. The second-order valence-electron chi connectivity index (χ2n) is 5.31. The molecule has 2 N–H and O–H groups in total. The van der Waals surface area contributed by atoms with Gasteiger partial charge in [-0.25, -0.2) is 0 Å². The molecule has 5 heteroatoms. The van der Waals surface area contributed by atoms with Gasteiger partial charge in [0.1, 0.15) is 0 Å². The van der Waals surface area contributed by atoms with Gasteiger partial charge in [-0.1, -0.05) is 30.3 Å². The molecule has 1 fully saturated rings. The molecule has 0 saturated carbocycles. The van der Waals surface area contributed by atoms with Gasteiger partial charge in [-0.3, -0.25) is 14.5 Å². The summed E-state index contributed by atoms with van der Waals surface area (Å²) in [4.78, 5) is 25.6. The first-order chi connectivity index (χ1) is 10.2. The molecule has 2 rings (SSSR count). The normalized spacial score (nSPS) is 19.1. The highest BCUT2D eigenvalue weighted by Gasteiger charge is 2.30. The Bertz CT molecular complexity index is 476. The number of nitrogens with zero attached hydrogens (tertiary/aromatic N) is 1. The zero-order valence-corrected chi connectivity index (χ0v) is 12.5. The quantitative estimate of drug-likeness (QED) is 0.804. The molecule has 114 valence electrons. The van der Waals surface area contributed by atoms with Crippen LogP contribution >= 0.6 is 0 Å². The number of hydrogen-bond acceptors (Lipinski definition) is 3. The standard InChI is InChI=1S/C16H23N3O2/c1-17-15(20)12-14-16(21)18-9-11-19(14)10-5-8-13-6-3-2-4-7-13/h2-4,6-7,14H,5,8-12H2,1H3,(H,17,20)(H,18,21)/t14-/m0/s1. The maximum Gasteiger partial charge on any atom is 0.237 e. The fraction of sp³-hybridized carbons (Fsp3) is 0.500. The Hall–Kier alpha value is -1.88. The monoisotopic (exact) mass is 289 g/mol. The summed E-state index contributed by atoms with van der Waals surface area (Å²) in [5.41, 5.74) is 1.31. The largest absolute Gasteiger partial charge is 0.359 e. The molecule has 0 unspecified atom stereocenters. The van der Waals surface area contributed by atoms with Gasteiger partial charge in [-0.2, -0.15) is 0 Å². The molecule has 2 amide bonds. The lowest BCUT2D eigenvalue weighted by Gasteiger charge is -2.34. The topological polar surface area (TPSA) is 61.4 Å². The molecule has 21 heavy (non-hydrogen) atoms. The van der Waals surface area contributed by atoms with Crippen molar-refractivity contribution in [1.29, 1.82) is 0 Å². The van der Waals surface area contributed by atoms with Gasteiger partial charge in [-0.15, -0.1) is 0 Å². The van der Waals surface area contributed by atoms with E-state index in [1.165, 1.54) is 5.56 Å². The minimum atomic E-state index is -0.338. The molecular formula is C16H23N3O2. The summed E-state index contributed by atoms with van der Waals surface area (Å²) < 4.78 is 0. The molecule has 1 aliphatic heterocycles. The smallest absolute Gasteiger partial charge is 0.237 e. The van der Waals surface area contributed by atoms with E-state index in [1.807, 2.05) is 18.2 Å². The molecule has 1 atom stereocenters. The van der Waals surface area contributed by atoms with Crippen molar-refractivity contribution >= 4 is 11.8 Å². The van der Waals surface area contributed by atoms with E-state index in [1.54, 1.807) is 7.05 Å². The van der Waals surface area contributed by atoms with Gasteiger partial charge in [-0.05, 0) is 24.9 Å². The van der Waals surface area contributed by atoms with E-state index in [4.69, 9.17) is 0 Å². The minimum Gasteiger partial charge on any atom is -0.359 e. The Labute approximate surface area is 125 Å². The fourth-order valence-corrected chi connectivity index (χ4v) is 2.66. The van der Waals surface area contributed by atoms with Crippen molar-refractivity contribution in [2.24, 2.45) is 0 Å². The van der Waals surface area contributed by atoms with E-state index in [0.29, 0.717) is 6.54 Å². The zero-order chi connectivity index (χ0) is 15.1. The maximum absolute atomic E-state index is 12.0. The lowest BCUT2D eigenvalue weighted by atomic mass is 10.1. The van der Waals surface area contributed by atoms with Gasteiger partial charge >= 0.3 is 0 Å². The van der Waals surface area contributed by atoms with Crippen LogP contribution in [-0.2, 0) is 16.0 Å². The molecule has 0 aliphatic carbocycles. The van der Waals surface area contributed by atoms with Gasteiger partial charge in [0.2, 0.25) is 11.8 Å². The van der Waals surface area contributed by atoms with Crippen LogP contribution in [0.3, 0.4) is 0 Å². The van der Waals surface area contributed by atoms with Gasteiger partial charge in [0, 0.05) is 20.1 Å². The molecule has 1 aliphatic rings. The number of carbonyl (C=O) groups is 2.